The first-order chi connectivity index (χ1) is 8.26. The van der Waals surface area contributed by atoms with Crippen LogP contribution in [-0.2, 0) is 9.47 Å². The molecule has 0 atom stereocenters. The van der Waals surface area contributed by atoms with Crippen molar-refractivity contribution in [2.45, 2.75) is 26.7 Å². The average Bonchev–Trinajstić information content (AvgIpc) is 2.34. The molecule has 0 aliphatic carbocycles. The fraction of sp³-hybridized carbons (Fsp3) is 0.917. The third kappa shape index (κ3) is 8.94. The number of ether oxygens (including phenoxy) is 2. The molecule has 0 aromatic carbocycles. The van der Waals surface area contributed by atoms with E-state index in [4.69, 9.17) is 15.2 Å². The average molecular weight is 245 g/mol. The SMILES string of the molecule is CCN(CC)C(N)=NCCCCOCCOC. The standard InChI is InChI=1S/C12H27N3O2/c1-4-15(5-2)12(13)14-8-6-7-9-17-11-10-16-3/h4-11H2,1-3H3,(H2,13,14). The first-order valence-electron chi connectivity index (χ1n) is 6.37. The van der Waals surface area contributed by atoms with Gasteiger partial charge in [-0.05, 0) is 26.7 Å². The summed E-state index contributed by atoms with van der Waals surface area (Å²) in [6.45, 7) is 8.84. The fourth-order valence-corrected chi connectivity index (χ4v) is 1.40. The molecule has 0 aliphatic rings. The van der Waals surface area contributed by atoms with Crippen LogP contribution in [0.5, 0.6) is 0 Å². The van der Waals surface area contributed by atoms with Gasteiger partial charge in [0.2, 0.25) is 0 Å². The molecule has 102 valence electrons. The second kappa shape index (κ2) is 11.7. The number of hydrogen-bond donors (Lipinski definition) is 1. The van der Waals surface area contributed by atoms with E-state index in [0.717, 1.165) is 39.1 Å². The van der Waals surface area contributed by atoms with Crippen molar-refractivity contribution in [2.24, 2.45) is 10.7 Å². The Hall–Kier alpha value is -0.810. The van der Waals surface area contributed by atoms with Gasteiger partial charge in [0.05, 0.1) is 13.2 Å². The molecule has 5 nitrogen and oxygen atoms in total. The van der Waals surface area contributed by atoms with Gasteiger partial charge in [-0.1, -0.05) is 0 Å². The quantitative estimate of drug-likeness (QED) is 0.355. The van der Waals surface area contributed by atoms with Crippen molar-refractivity contribution in [3.05, 3.63) is 0 Å². The fourth-order valence-electron chi connectivity index (χ4n) is 1.40. The van der Waals surface area contributed by atoms with Gasteiger partial charge in [0.25, 0.3) is 0 Å². The van der Waals surface area contributed by atoms with Gasteiger partial charge in [-0.15, -0.1) is 0 Å². The summed E-state index contributed by atoms with van der Waals surface area (Å²) < 4.78 is 10.2. The summed E-state index contributed by atoms with van der Waals surface area (Å²) >= 11 is 0. The van der Waals surface area contributed by atoms with E-state index in [9.17, 15) is 0 Å². The highest BCUT2D eigenvalue weighted by Gasteiger charge is 2.00. The highest BCUT2D eigenvalue weighted by atomic mass is 16.5. The number of methoxy groups -OCH3 is 1. The van der Waals surface area contributed by atoms with Gasteiger partial charge in [0.1, 0.15) is 0 Å². The van der Waals surface area contributed by atoms with Crippen LogP contribution < -0.4 is 5.73 Å². The number of unbranched alkanes of at least 4 members (excludes halogenated alkanes) is 1. The molecule has 0 bridgehead atoms. The van der Waals surface area contributed by atoms with Crippen molar-refractivity contribution in [3.63, 3.8) is 0 Å². The van der Waals surface area contributed by atoms with Gasteiger partial charge in [-0.3, -0.25) is 4.99 Å². The van der Waals surface area contributed by atoms with Crippen LogP contribution in [0.2, 0.25) is 0 Å². The van der Waals surface area contributed by atoms with E-state index < -0.39 is 0 Å². The molecule has 2 N–H and O–H groups in total. The monoisotopic (exact) mass is 245 g/mol. The van der Waals surface area contributed by atoms with E-state index in [2.05, 4.69) is 23.7 Å². The zero-order valence-corrected chi connectivity index (χ0v) is 11.4. The maximum Gasteiger partial charge on any atom is 0.191 e. The normalized spacial score (nSPS) is 11.8. The molecular weight excluding hydrogens is 218 g/mol. The maximum absolute atomic E-state index is 5.85. The highest BCUT2D eigenvalue weighted by molar-refractivity contribution is 5.77. The van der Waals surface area contributed by atoms with E-state index in [1.54, 1.807) is 7.11 Å². The lowest BCUT2D eigenvalue weighted by Crippen LogP contribution is -2.37. The number of nitrogens with zero attached hydrogens (tertiary/aromatic N) is 2. The minimum Gasteiger partial charge on any atom is -0.382 e. The van der Waals surface area contributed by atoms with Crippen molar-refractivity contribution < 1.29 is 9.47 Å². The number of nitrogens with two attached hydrogens (primary N) is 1. The summed E-state index contributed by atoms with van der Waals surface area (Å²) in [7, 11) is 1.67. The molecule has 0 unspecified atom stereocenters. The molecule has 0 rings (SSSR count). The Morgan fingerprint density at radius 1 is 1.12 bits per heavy atom. The Kier molecular flexibility index (Phi) is 11.1. The van der Waals surface area contributed by atoms with Crippen molar-refractivity contribution >= 4 is 5.96 Å². The minimum atomic E-state index is 0.648. The summed E-state index contributed by atoms with van der Waals surface area (Å²) in [5.74, 6) is 0.648. The van der Waals surface area contributed by atoms with Gasteiger partial charge >= 0.3 is 0 Å². The molecule has 0 amide bonds. The van der Waals surface area contributed by atoms with Crippen molar-refractivity contribution in [2.75, 3.05) is 46.6 Å². The minimum absolute atomic E-state index is 0.648. The second-order valence-corrected chi connectivity index (χ2v) is 3.72. The van der Waals surface area contributed by atoms with E-state index >= 15 is 0 Å². The molecular formula is C12H27N3O2. The van der Waals surface area contributed by atoms with Crippen LogP contribution in [0.25, 0.3) is 0 Å². The zero-order valence-electron chi connectivity index (χ0n) is 11.4. The van der Waals surface area contributed by atoms with Crippen LogP contribution in [0, 0.1) is 0 Å². The summed E-state index contributed by atoms with van der Waals surface area (Å²) in [5, 5.41) is 0. The summed E-state index contributed by atoms with van der Waals surface area (Å²) in [6.07, 6.45) is 2.02. The van der Waals surface area contributed by atoms with Gasteiger partial charge < -0.3 is 20.1 Å². The predicted octanol–water partition coefficient (Wildman–Crippen LogP) is 1.09. The number of guanidine groups is 1. The Morgan fingerprint density at radius 2 is 1.82 bits per heavy atom. The molecule has 5 heteroatoms. The van der Waals surface area contributed by atoms with Gasteiger partial charge in [-0.25, -0.2) is 0 Å². The molecule has 0 aliphatic heterocycles. The lowest BCUT2D eigenvalue weighted by molar-refractivity contribution is 0.0690. The molecule has 0 aromatic heterocycles. The van der Waals surface area contributed by atoms with Crippen LogP contribution in [-0.4, -0.2) is 57.4 Å². The second-order valence-electron chi connectivity index (χ2n) is 3.72. The Balaban J connectivity index is 3.45. The highest BCUT2D eigenvalue weighted by Crippen LogP contribution is 1.93. The summed E-state index contributed by atoms with van der Waals surface area (Å²) in [5.41, 5.74) is 5.85. The Morgan fingerprint density at radius 3 is 2.41 bits per heavy atom. The van der Waals surface area contributed by atoms with E-state index in [0.29, 0.717) is 19.2 Å². The summed E-state index contributed by atoms with van der Waals surface area (Å²) in [4.78, 5) is 6.39. The zero-order chi connectivity index (χ0) is 12.9. The van der Waals surface area contributed by atoms with Gasteiger partial charge in [0, 0.05) is 33.4 Å². The largest absolute Gasteiger partial charge is 0.382 e. The molecule has 0 fully saturated rings. The molecule has 0 aromatic rings. The molecule has 0 heterocycles. The lowest BCUT2D eigenvalue weighted by atomic mass is 10.3. The third-order valence-corrected chi connectivity index (χ3v) is 2.49. The van der Waals surface area contributed by atoms with E-state index in [1.807, 2.05) is 0 Å². The van der Waals surface area contributed by atoms with Gasteiger partial charge in [0.15, 0.2) is 5.96 Å². The first-order valence-corrected chi connectivity index (χ1v) is 6.37. The molecule has 0 saturated heterocycles. The molecule has 0 radical (unpaired) electrons. The lowest BCUT2D eigenvalue weighted by Gasteiger charge is -2.19. The molecule has 17 heavy (non-hydrogen) atoms. The number of hydrogen-bond acceptors (Lipinski definition) is 3. The summed E-state index contributed by atoms with van der Waals surface area (Å²) in [6, 6.07) is 0. The first kappa shape index (κ1) is 16.2. The molecule has 0 saturated carbocycles. The number of aliphatic imine (C=N–C) groups is 1. The van der Waals surface area contributed by atoms with Crippen LogP contribution in [0.15, 0.2) is 4.99 Å². The Labute approximate surface area is 105 Å². The van der Waals surface area contributed by atoms with Crippen molar-refractivity contribution in [1.82, 2.24) is 4.90 Å². The topological polar surface area (TPSA) is 60.1 Å². The van der Waals surface area contributed by atoms with E-state index in [-0.39, 0.29) is 0 Å². The maximum atomic E-state index is 5.85. The van der Waals surface area contributed by atoms with Gasteiger partial charge in [-0.2, -0.15) is 0 Å². The van der Waals surface area contributed by atoms with Crippen LogP contribution in [0.4, 0.5) is 0 Å². The predicted molar refractivity (Wildman–Crippen MR) is 71.3 cm³/mol. The number of rotatable bonds is 10. The van der Waals surface area contributed by atoms with Crippen LogP contribution in [0.3, 0.4) is 0 Å². The van der Waals surface area contributed by atoms with E-state index in [1.165, 1.54) is 0 Å². The van der Waals surface area contributed by atoms with Crippen LogP contribution >= 0.6 is 0 Å². The van der Waals surface area contributed by atoms with Crippen molar-refractivity contribution in [1.29, 1.82) is 0 Å². The van der Waals surface area contributed by atoms with Crippen LogP contribution in [0.1, 0.15) is 26.7 Å². The van der Waals surface area contributed by atoms with Crippen molar-refractivity contribution in [3.8, 4) is 0 Å². The smallest absolute Gasteiger partial charge is 0.191 e. The molecule has 0 spiro atoms. The third-order valence-electron chi connectivity index (χ3n) is 2.49. The Bertz CT molecular complexity index is 194.